The van der Waals surface area contributed by atoms with E-state index in [1.165, 1.54) is 0 Å². The molecule has 0 aromatic rings. The van der Waals surface area contributed by atoms with Gasteiger partial charge in [0.05, 0.1) is 5.75 Å². The van der Waals surface area contributed by atoms with Gasteiger partial charge < -0.3 is 4.55 Å². The van der Waals surface area contributed by atoms with Gasteiger partial charge in [-0.15, -0.1) is 0 Å². The summed E-state index contributed by atoms with van der Waals surface area (Å²) in [6, 6.07) is 0. The minimum Gasteiger partial charge on any atom is -0.306 e. The third-order valence-electron chi connectivity index (χ3n) is 1.77. The van der Waals surface area contributed by atoms with E-state index >= 15 is 0 Å². The lowest BCUT2D eigenvalue weighted by molar-refractivity contribution is 0.559. The van der Waals surface area contributed by atoms with Crippen LogP contribution in [0.25, 0.3) is 0 Å². The molecule has 1 saturated carbocycles. The van der Waals surface area contributed by atoms with Crippen molar-refractivity contribution in [1.82, 2.24) is 0 Å². The summed E-state index contributed by atoms with van der Waals surface area (Å²) >= 11 is -1.59. The Morgan fingerprint density at radius 1 is 1.80 bits per heavy atom. The Labute approximate surface area is 63.6 Å². The number of hydrogen-bond donors (Lipinski definition) is 1. The van der Waals surface area contributed by atoms with Gasteiger partial charge in [0.15, 0.2) is 11.1 Å². The molecule has 0 saturated heterocycles. The fourth-order valence-corrected chi connectivity index (χ4v) is 1.88. The minimum absolute atomic E-state index is 0.453. The molecule has 3 heteroatoms. The maximum absolute atomic E-state index is 10.3. The highest BCUT2D eigenvalue weighted by Crippen LogP contribution is 2.39. The van der Waals surface area contributed by atoms with E-state index < -0.39 is 11.1 Å². The summed E-state index contributed by atoms with van der Waals surface area (Å²) in [6.07, 6.45) is 5.21. The highest BCUT2D eigenvalue weighted by molar-refractivity contribution is 7.79. The summed E-state index contributed by atoms with van der Waals surface area (Å²) in [4.78, 5) is 0. The molecule has 0 aliphatic heterocycles. The Balaban J connectivity index is 2.19. The van der Waals surface area contributed by atoms with E-state index in [1.54, 1.807) is 0 Å². The average molecular weight is 160 g/mol. The zero-order chi connectivity index (χ0) is 7.56. The van der Waals surface area contributed by atoms with Crippen LogP contribution in [0.2, 0.25) is 0 Å². The van der Waals surface area contributed by atoms with Gasteiger partial charge in [0, 0.05) is 0 Å². The van der Waals surface area contributed by atoms with E-state index in [0.29, 0.717) is 17.6 Å². The molecular formula is C7H12O2S. The van der Waals surface area contributed by atoms with Crippen molar-refractivity contribution in [3.8, 4) is 0 Å². The molecule has 0 bridgehead atoms. The maximum Gasteiger partial charge on any atom is 0.153 e. The molecule has 0 amide bonds. The second kappa shape index (κ2) is 3.30. The molecule has 2 nitrogen and oxygen atoms in total. The Morgan fingerprint density at radius 2 is 2.50 bits per heavy atom. The summed E-state index contributed by atoms with van der Waals surface area (Å²) in [7, 11) is 0. The first-order valence-corrected chi connectivity index (χ1v) is 4.72. The van der Waals surface area contributed by atoms with Crippen molar-refractivity contribution in [3.05, 3.63) is 12.2 Å². The van der Waals surface area contributed by atoms with Gasteiger partial charge in [-0.2, -0.15) is 0 Å². The van der Waals surface area contributed by atoms with E-state index in [4.69, 9.17) is 4.55 Å². The van der Waals surface area contributed by atoms with Gasteiger partial charge in [-0.05, 0) is 25.2 Å². The molecule has 1 unspecified atom stereocenters. The molecule has 1 aliphatic rings. The summed E-state index contributed by atoms with van der Waals surface area (Å²) in [6.45, 7) is 1.98. The minimum atomic E-state index is -1.59. The van der Waals surface area contributed by atoms with Gasteiger partial charge in [-0.1, -0.05) is 12.2 Å². The largest absolute Gasteiger partial charge is 0.306 e. The summed E-state index contributed by atoms with van der Waals surface area (Å²) < 4.78 is 18.8. The Kier molecular flexibility index (Phi) is 2.63. The van der Waals surface area contributed by atoms with Crippen LogP contribution in [-0.4, -0.2) is 14.5 Å². The van der Waals surface area contributed by atoms with Crippen LogP contribution in [0, 0.1) is 11.8 Å². The van der Waals surface area contributed by atoms with Crippen LogP contribution in [0.15, 0.2) is 12.2 Å². The molecule has 1 fully saturated rings. The molecule has 58 valence electrons. The molecule has 1 N–H and O–H groups in total. The molecule has 1 rings (SSSR count). The molecule has 0 radical (unpaired) electrons. The van der Waals surface area contributed by atoms with Crippen molar-refractivity contribution in [2.75, 3.05) is 5.75 Å². The van der Waals surface area contributed by atoms with Gasteiger partial charge in [0.1, 0.15) is 0 Å². The molecule has 0 heterocycles. The van der Waals surface area contributed by atoms with Crippen LogP contribution in [0.5, 0.6) is 0 Å². The molecular weight excluding hydrogens is 148 g/mol. The van der Waals surface area contributed by atoms with Crippen LogP contribution < -0.4 is 0 Å². The van der Waals surface area contributed by atoms with Crippen molar-refractivity contribution in [3.63, 3.8) is 0 Å². The fraction of sp³-hybridized carbons (Fsp3) is 0.714. The van der Waals surface area contributed by atoms with E-state index in [0.717, 1.165) is 6.42 Å². The van der Waals surface area contributed by atoms with Gasteiger partial charge in [0.25, 0.3) is 0 Å². The first-order valence-electron chi connectivity index (χ1n) is 3.44. The van der Waals surface area contributed by atoms with Crippen molar-refractivity contribution >= 4 is 11.1 Å². The van der Waals surface area contributed by atoms with Gasteiger partial charge in [-0.25, -0.2) is 4.21 Å². The standard InChI is InChI=1S/C7H12O2S/c1-2-3-6-4-7(6)5-10(8)9/h2-3,6-7H,4-5H2,1H3,(H,8,9)/b3-2+/t6-,7+/m0/s1. The Morgan fingerprint density at radius 3 is 3.00 bits per heavy atom. The van der Waals surface area contributed by atoms with Crippen LogP contribution >= 0.6 is 0 Å². The van der Waals surface area contributed by atoms with Crippen LogP contribution in [0.4, 0.5) is 0 Å². The first kappa shape index (κ1) is 7.95. The fourth-order valence-electron chi connectivity index (χ4n) is 1.13. The molecule has 0 aromatic carbocycles. The lowest BCUT2D eigenvalue weighted by Gasteiger charge is -1.88. The van der Waals surface area contributed by atoms with E-state index in [9.17, 15) is 4.21 Å². The molecule has 10 heavy (non-hydrogen) atoms. The Hall–Kier alpha value is -0.150. The number of hydrogen-bond acceptors (Lipinski definition) is 1. The maximum atomic E-state index is 10.3. The second-order valence-electron chi connectivity index (χ2n) is 2.67. The molecule has 1 aliphatic carbocycles. The zero-order valence-electron chi connectivity index (χ0n) is 5.99. The van der Waals surface area contributed by atoms with E-state index in [1.807, 2.05) is 13.0 Å². The zero-order valence-corrected chi connectivity index (χ0v) is 6.80. The van der Waals surface area contributed by atoms with Crippen molar-refractivity contribution in [1.29, 1.82) is 0 Å². The molecule has 0 aromatic heterocycles. The highest BCUT2D eigenvalue weighted by atomic mass is 32.2. The van der Waals surface area contributed by atoms with Crippen LogP contribution in [0.3, 0.4) is 0 Å². The van der Waals surface area contributed by atoms with E-state index in [2.05, 4.69) is 6.08 Å². The first-order chi connectivity index (χ1) is 4.74. The smallest absolute Gasteiger partial charge is 0.153 e. The topological polar surface area (TPSA) is 37.3 Å². The quantitative estimate of drug-likeness (QED) is 0.501. The monoisotopic (exact) mass is 160 g/mol. The molecule has 0 spiro atoms. The highest BCUT2D eigenvalue weighted by Gasteiger charge is 2.35. The predicted molar refractivity (Wildman–Crippen MR) is 42.0 cm³/mol. The summed E-state index contributed by atoms with van der Waals surface area (Å²) in [5.74, 6) is 1.51. The van der Waals surface area contributed by atoms with E-state index in [-0.39, 0.29) is 0 Å². The third kappa shape index (κ3) is 2.23. The van der Waals surface area contributed by atoms with Crippen LogP contribution in [-0.2, 0) is 11.1 Å². The Bertz CT molecular complexity index is 165. The van der Waals surface area contributed by atoms with Crippen molar-refractivity contribution < 1.29 is 8.76 Å². The summed E-state index contributed by atoms with van der Waals surface area (Å²) in [5, 5.41) is 0. The number of rotatable bonds is 3. The molecule has 3 atom stereocenters. The average Bonchev–Trinajstić information content (AvgIpc) is 2.47. The lowest BCUT2D eigenvalue weighted by atomic mass is 10.3. The second-order valence-corrected chi connectivity index (χ2v) is 3.65. The van der Waals surface area contributed by atoms with Crippen molar-refractivity contribution in [2.45, 2.75) is 13.3 Å². The number of allylic oxidation sites excluding steroid dienone is 2. The summed E-state index contributed by atoms with van der Waals surface area (Å²) in [5.41, 5.74) is 0. The van der Waals surface area contributed by atoms with Gasteiger partial charge in [0.2, 0.25) is 0 Å². The third-order valence-corrected chi connectivity index (χ3v) is 2.49. The SMILES string of the molecule is C/C=C/[C@H]1C[C@@H]1CS(=O)O. The van der Waals surface area contributed by atoms with Crippen LogP contribution in [0.1, 0.15) is 13.3 Å². The predicted octanol–water partition coefficient (Wildman–Crippen LogP) is 1.42. The van der Waals surface area contributed by atoms with Gasteiger partial charge in [-0.3, -0.25) is 0 Å². The normalized spacial score (nSPS) is 34.6. The van der Waals surface area contributed by atoms with Gasteiger partial charge >= 0.3 is 0 Å². The lowest BCUT2D eigenvalue weighted by Crippen LogP contribution is -1.97. The van der Waals surface area contributed by atoms with Crippen molar-refractivity contribution in [2.24, 2.45) is 11.8 Å².